The third-order valence-corrected chi connectivity index (χ3v) is 3.39. The maximum Gasteiger partial charge on any atom is 0.265 e. The lowest BCUT2D eigenvalue weighted by Crippen LogP contribution is -2.16. The van der Waals surface area contributed by atoms with Gasteiger partial charge in [0.25, 0.3) is 5.91 Å². The highest BCUT2D eigenvalue weighted by Gasteiger charge is 2.06. The van der Waals surface area contributed by atoms with Crippen molar-refractivity contribution in [1.82, 2.24) is 0 Å². The van der Waals surface area contributed by atoms with Crippen molar-refractivity contribution in [1.29, 1.82) is 0 Å². The number of rotatable bonds is 8. The molecular formula is C18H19ClN2O4. The molecule has 2 aromatic carbocycles. The fourth-order valence-electron chi connectivity index (χ4n) is 1.95. The molecule has 0 saturated heterocycles. The number of ether oxygens (including phenoxy) is 2. The average molecular weight is 363 g/mol. The zero-order chi connectivity index (χ0) is 18.1. The van der Waals surface area contributed by atoms with Crippen LogP contribution >= 0.6 is 11.6 Å². The molecule has 25 heavy (non-hydrogen) atoms. The number of methoxy groups -OCH3 is 1. The molecule has 6 nitrogen and oxygen atoms in total. The number of nitrogens with one attached hydrogen (secondary N) is 1. The van der Waals surface area contributed by atoms with Gasteiger partial charge in [0, 0.05) is 5.69 Å². The molecule has 2 aromatic rings. The summed E-state index contributed by atoms with van der Waals surface area (Å²) in [7, 11) is 1.52. The standard InChI is InChI=1S/C18H19ClN2O4/c1-3-24-15-7-4-13(5-8-15)11-20-25-12-18(22)21-14-6-9-17(23-2)16(19)10-14/h4-11H,3,12H2,1-2H3,(H,21,22)/b20-11+. The van der Waals surface area contributed by atoms with Gasteiger partial charge in [0.15, 0.2) is 6.61 Å². The van der Waals surface area contributed by atoms with Crippen LogP contribution in [0.3, 0.4) is 0 Å². The monoisotopic (exact) mass is 362 g/mol. The molecule has 0 spiro atoms. The molecule has 0 heterocycles. The summed E-state index contributed by atoms with van der Waals surface area (Å²) in [6.07, 6.45) is 1.52. The lowest BCUT2D eigenvalue weighted by atomic mass is 10.2. The van der Waals surface area contributed by atoms with E-state index in [9.17, 15) is 4.79 Å². The van der Waals surface area contributed by atoms with E-state index in [0.29, 0.717) is 23.1 Å². The smallest absolute Gasteiger partial charge is 0.265 e. The molecule has 1 N–H and O–H groups in total. The van der Waals surface area contributed by atoms with Crippen molar-refractivity contribution in [3.63, 3.8) is 0 Å². The summed E-state index contributed by atoms with van der Waals surface area (Å²) in [5.41, 5.74) is 1.39. The molecule has 0 aliphatic rings. The van der Waals surface area contributed by atoms with Crippen LogP contribution in [0.5, 0.6) is 11.5 Å². The van der Waals surface area contributed by atoms with Crippen LogP contribution < -0.4 is 14.8 Å². The molecule has 1 amide bonds. The molecule has 7 heteroatoms. The molecule has 0 aromatic heterocycles. The molecule has 0 radical (unpaired) electrons. The summed E-state index contributed by atoms with van der Waals surface area (Å²) in [4.78, 5) is 16.8. The maximum absolute atomic E-state index is 11.8. The van der Waals surface area contributed by atoms with Crippen LogP contribution in [0.25, 0.3) is 0 Å². The highest BCUT2D eigenvalue weighted by Crippen LogP contribution is 2.27. The third-order valence-electron chi connectivity index (χ3n) is 3.10. The third kappa shape index (κ3) is 6.00. The minimum absolute atomic E-state index is 0.211. The van der Waals surface area contributed by atoms with Crippen molar-refractivity contribution in [2.75, 3.05) is 25.6 Å². The number of nitrogens with zero attached hydrogens (tertiary/aromatic N) is 1. The lowest BCUT2D eigenvalue weighted by Gasteiger charge is -2.07. The van der Waals surface area contributed by atoms with Gasteiger partial charge < -0.3 is 19.6 Å². The van der Waals surface area contributed by atoms with Crippen molar-refractivity contribution < 1.29 is 19.1 Å². The summed E-state index contributed by atoms with van der Waals surface area (Å²) in [6.45, 7) is 2.33. The number of hydrogen-bond acceptors (Lipinski definition) is 5. The van der Waals surface area contributed by atoms with Gasteiger partial charge in [0.05, 0.1) is 25.0 Å². The summed E-state index contributed by atoms with van der Waals surface area (Å²) in [5.74, 6) is 0.985. The van der Waals surface area contributed by atoms with E-state index >= 15 is 0 Å². The van der Waals surface area contributed by atoms with Crippen LogP contribution in [0.2, 0.25) is 5.02 Å². The van der Waals surface area contributed by atoms with E-state index < -0.39 is 0 Å². The predicted octanol–water partition coefficient (Wildman–Crippen LogP) is 3.74. The van der Waals surface area contributed by atoms with E-state index in [-0.39, 0.29) is 12.5 Å². The van der Waals surface area contributed by atoms with E-state index in [1.165, 1.54) is 13.3 Å². The molecule has 0 unspecified atom stereocenters. The molecule has 132 valence electrons. The number of oxime groups is 1. The van der Waals surface area contributed by atoms with Crippen LogP contribution in [-0.4, -0.2) is 32.4 Å². The first-order chi connectivity index (χ1) is 12.1. The van der Waals surface area contributed by atoms with Gasteiger partial charge >= 0.3 is 0 Å². The molecule has 0 saturated carbocycles. The fraction of sp³-hybridized carbons (Fsp3) is 0.222. The second kappa shape index (κ2) is 9.54. The Bertz CT molecular complexity index is 732. The van der Waals surface area contributed by atoms with Crippen LogP contribution in [0.1, 0.15) is 12.5 Å². The summed E-state index contributed by atoms with van der Waals surface area (Å²) in [5, 5.41) is 6.84. The average Bonchev–Trinajstić information content (AvgIpc) is 2.60. The zero-order valence-corrected chi connectivity index (χ0v) is 14.7. The second-order valence-corrected chi connectivity index (χ2v) is 5.31. The van der Waals surface area contributed by atoms with Crippen LogP contribution in [0.4, 0.5) is 5.69 Å². The van der Waals surface area contributed by atoms with Gasteiger partial charge in [-0.15, -0.1) is 0 Å². The van der Waals surface area contributed by atoms with Gasteiger partial charge in [0.1, 0.15) is 11.5 Å². The molecule has 0 fully saturated rings. The van der Waals surface area contributed by atoms with Crippen molar-refractivity contribution in [2.24, 2.45) is 5.16 Å². The Morgan fingerprint density at radius 3 is 2.64 bits per heavy atom. The minimum Gasteiger partial charge on any atom is -0.495 e. The Morgan fingerprint density at radius 1 is 1.24 bits per heavy atom. The SMILES string of the molecule is CCOc1ccc(/C=N/OCC(=O)Nc2ccc(OC)c(Cl)c2)cc1. The van der Waals surface area contributed by atoms with Gasteiger partial charge in [0.2, 0.25) is 0 Å². The highest BCUT2D eigenvalue weighted by molar-refractivity contribution is 6.32. The number of halogens is 1. The van der Waals surface area contributed by atoms with Crippen molar-refractivity contribution >= 4 is 29.4 Å². The fourth-order valence-corrected chi connectivity index (χ4v) is 2.21. The quantitative estimate of drug-likeness (QED) is 0.573. The minimum atomic E-state index is -0.343. The lowest BCUT2D eigenvalue weighted by molar-refractivity contribution is -0.120. The van der Waals surface area contributed by atoms with Crippen molar-refractivity contribution in [3.8, 4) is 11.5 Å². The molecular weight excluding hydrogens is 344 g/mol. The maximum atomic E-state index is 11.8. The van der Waals surface area contributed by atoms with Gasteiger partial charge in [-0.1, -0.05) is 16.8 Å². The van der Waals surface area contributed by atoms with E-state index in [1.807, 2.05) is 31.2 Å². The molecule has 0 aliphatic carbocycles. The molecule has 2 rings (SSSR count). The van der Waals surface area contributed by atoms with E-state index in [2.05, 4.69) is 10.5 Å². The van der Waals surface area contributed by atoms with Crippen molar-refractivity contribution in [2.45, 2.75) is 6.92 Å². The Kier molecular flexibility index (Phi) is 7.10. The van der Waals surface area contributed by atoms with Gasteiger partial charge in [-0.25, -0.2) is 0 Å². The normalized spacial score (nSPS) is 10.5. The van der Waals surface area contributed by atoms with E-state index in [1.54, 1.807) is 18.2 Å². The number of carbonyl (C=O) groups is 1. The summed E-state index contributed by atoms with van der Waals surface area (Å²) < 4.78 is 10.4. The van der Waals surface area contributed by atoms with E-state index in [4.69, 9.17) is 25.9 Å². The van der Waals surface area contributed by atoms with E-state index in [0.717, 1.165) is 11.3 Å². The molecule has 0 atom stereocenters. The number of carbonyl (C=O) groups excluding carboxylic acids is 1. The Labute approximate surface area is 151 Å². The number of hydrogen-bond donors (Lipinski definition) is 1. The zero-order valence-electron chi connectivity index (χ0n) is 14.0. The number of benzene rings is 2. The number of amides is 1. The molecule has 0 bridgehead atoms. The van der Waals surface area contributed by atoms with Crippen LogP contribution in [-0.2, 0) is 9.63 Å². The topological polar surface area (TPSA) is 69.2 Å². The number of anilines is 1. The first-order valence-corrected chi connectivity index (χ1v) is 8.01. The van der Waals surface area contributed by atoms with Gasteiger partial charge in [-0.3, -0.25) is 4.79 Å². The Hall–Kier alpha value is -2.73. The predicted molar refractivity (Wildman–Crippen MR) is 97.8 cm³/mol. The van der Waals surface area contributed by atoms with Crippen molar-refractivity contribution in [3.05, 3.63) is 53.1 Å². The van der Waals surface area contributed by atoms with Crippen LogP contribution in [0.15, 0.2) is 47.6 Å². The van der Waals surface area contributed by atoms with Gasteiger partial charge in [-0.2, -0.15) is 0 Å². The summed E-state index contributed by atoms with van der Waals surface area (Å²) >= 11 is 6.00. The first-order valence-electron chi connectivity index (χ1n) is 7.64. The first kappa shape index (κ1) is 18.6. The largest absolute Gasteiger partial charge is 0.495 e. The molecule has 0 aliphatic heterocycles. The second-order valence-electron chi connectivity index (χ2n) is 4.91. The van der Waals surface area contributed by atoms with Gasteiger partial charge in [-0.05, 0) is 55.0 Å². The highest BCUT2D eigenvalue weighted by atomic mass is 35.5. The summed E-state index contributed by atoms with van der Waals surface area (Å²) in [6, 6.07) is 12.3. The Morgan fingerprint density at radius 2 is 2.00 bits per heavy atom. The van der Waals surface area contributed by atoms with Crippen LogP contribution in [0, 0.1) is 0 Å². The Balaban J connectivity index is 1.78.